The molecule has 0 fully saturated rings. The number of aromatic nitrogens is 3. The van der Waals surface area contributed by atoms with Crippen LogP contribution in [0.3, 0.4) is 0 Å². The van der Waals surface area contributed by atoms with Crippen LogP contribution in [0, 0.1) is 5.82 Å². The van der Waals surface area contributed by atoms with Gasteiger partial charge in [-0.15, -0.1) is 0 Å². The Morgan fingerprint density at radius 2 is 2.17 bits per heavy atom. The van der Waals surface area contributed by atoms with E-state index in [0.717, 1.165) is 0 Å². The van der Waals surface area contributed by atoms with Gasteiger partial charge in [0, 0.05) is 31.4 Å². The number of carbonyl (C=O) groups excluding carboxylic acids is 1. The molecule has 0 radical (unpaired) electrons. The van der Waals surface area contributed by atoms with Crippen molar-refractivity contribution in [2.75, 3.05) is 13.2 Å². The number of fused-ring (bicyclic) bond motifs is 1. The smallest absolute Gasteiger partial charge is 0.272 e. The number of pyridine rings is 1. The van der Waals surface area contributed by atoms with Crippen LogP contribution in [0.2, 0.25) is 0 Å². The van der Waals surface area contributed by atoms with Crippen LogP contribution in [0.4, 0.5) is 4.39 Å². The lowest BCUT2D eigenvalue weighted by molar-refractivity contribution is 0.0696. The number of hydrogen-bond donors (Lipinski definition) is 1. The van der Waals surface area contributed by atoms with Crippen molar-refractivity contribution < 1.29 is 14.3 Å². The van der Waals surface area contributed by atoms with Crippen molar-refractivity contribution in [2.45, 2.75) is 6.54 Å². The summed E-state index contributed by atoms with van der Waals surface area (Å²) in [5.41, 5.74) is 0.291. The minimum Gasteiger partial charge on any atom is -0.395 e. The fourth-order valence-electron chi connectivity index (χ4n) is 2.48. The van der Waals surface area contributed by atoms with Gasteiger partial charge in [-0.25, -0.2) is 14.4 Å². The Hall–Kier alpha value is -2.80. The number of aliphatic hydroxyl groups excluding tert-OH is 1. The fraction of sp³-hybridized carbons (Fsp3) is 0.235. The molecule has 124 valence electrons. The monoisotopic (exact) mass is 328 g/mol. The molecule has 0 bridgehead atoms. The second-order valence-corrected chi connectivity index (χ2v) is 5.41. The zero-order valence-electron chi connectivity index (χ0n) is 13.2. The normalized spacial score (nSPS) is 11.0. The summed E-state index contributed by atoms with van der Waals surface area (Å²) in [6, 6.07) is 7.87. The molecular weight excluding hydrogens is 311 g/mol. The molecule has 0 aliphatic heterocycles. The number of aryl methyl sites for hydroxylation is 1. The molecule has 0 saturated carbocycles. The Kier molecular flexibility index (Phi) is 4.52. The van der Waals surface area contributed by atoms with Crippen molar-refractivity contribution in [3.63, 3.8) is 0 Å². The van der Waals surface area contributed by atoms with Crippen molar-refractivity contribution in [3.8, 4) is 0 Å². The quantitative estimate of drug-likeness (QED) is 0.774. The molecule has 0 saturated heterocycles. The zero-order valence-corrected chi connectivity index (χ0v) is 13.2. The highest BCUT2D eigenvalue weighted by Gasteiger charge is 2.19. The fourth-order valence-corrected chi connectivity index (χ4v) is 2.48. The molecule has 1 amide bonds. The predicted molar refractivity (Wildman–Crippen MR) is 86.7 cm³/mol. The van der Waals surface area contributed by atoms with Crippen LogP contribution in [0.1, 0.15) is 16.3 Å². The van der Waals surface area contributed by atoms with E-state index in [9.17, 15) is 14.3 Å². The Bertz CT molecular complexity index is 878. The van der Waals surface area contributed by atoms with E-state index in [1.807, 2.05) is 7.05 Å². The topological polar surface area (TPSA) is 71.2 Å². The van der Waals surface area contributed by atoms with Gasteiger partial charge < -0.3 is 14.6 Å². The molecule has 1 N–H and O–H groups in total. The summed E-state index contributed by atoms with van der Waals surface area (Å²) in [5, 5.41) is 9.87. The largest absolute Gasteiger partial charge is 0.395 e. The maximum absolute atomic E-state index is 13.9. The van der Waals surface area contributed by atoms with Crippen LogP contribution in [0.25, 0.3) is 10.9 Å². The molecule has 24 heavy (non-hydrogen) atoms. The number of aliphatic hydroxyl groups is 1. The number of imidazole rings is 1. The van der Waals surface area contributed by atoms with Gasteiger partial charge in [0.05, 0.1) is 13.2 Å². The van der Waals surface area contributed by atoms with E-state index in [-0.39, 0.29) is 36.8 Å². The molecule has 6 nitrogen and oxygen atoms in total. The Labute approximate surface area is 138 Å². The van der Waals surface area contributed by atoms with Gasteiger partial charge in [0.1, 0.15) is 22.9 Å². The van der Waals surface area contributed by atoms with E-state index in [4.69, 9.17) is 0 Å². The highest BCUT2D eigenvalue weighted by Crippen LogP contribution is 2.17. The molecule has 0 aliphatic rings. The summed E-state index contributed by atoms with van der Waals surface area (Å²) in [5.74, 6) is -0.166. The second kappa shape index (κ2) is 6.76. The summed E-state index contributed by atoms with van der Waals surface area (Å²) < 4.78 is 15.7. The van der Waals surface area contributed by atoms with Gasteiger partial charge in [0.25, 0.3) is 5.91 Å². The van der Waals surface area contributed by atoms with Gasteiger partial charge in [0.2, 0.25) is 0 Å². The molecule has 3 rings (SSSR count). The Morgan fingerprint density at radius 3 is 2.88 bits per heavy atom. The number of benzene rings is 1. The lowest BCUT2D eigenvalue weighted by Crippen LogP contribution is -2.34. The molecule has 1 aromatic carbocycles. The zero-order chi connectivity index (χ0) is 17.1. The van der Waals surface area contributed by atoms with Crippen LogP contribution >= 0.6 is 0 Å². The summed E-state index contributed by atoms with van der Waals surface area (Å²) in [4.78, 5) is 22.5. The second-order valence-electron chi connectivity index (χ2n) is 5.41. The van der Waals surface area contributed by atoms with E-state index >= 15 is 0 Å². The number of amides is 1. The third-order valence-electron chi connectivity index (χ3n) is 3.80. The van der Waals surface area contributed by atoms with Crippen LogP contribution < -0.4 is 0 Å². The summed E-state index contributed by atoms with van der Waals surface area (Å²) in [6.07, 6.45) is 3.42. The van der Waals surface area contributed by atoms with Crippen molar-refractivity contribution in [1.82, 2.24) is 19.4 Å². The van der Waals surface area contributed by atoms with Crippen LogP contribution in [0.5, 0.6) is 0 Å². The molecule has 7 heteroatoms. The standard InChI is InChI=1S/C17H17FN4O2/c1-21-8-7-19-15(21)11-22(9-10-23)17(24)14-6-5-12-3-2-4-13(18)16(12)20-14/h2-8,23H,9-11H2,1H3. The third-order valence-corrected chi connectivity index (χ3v) is 3.80. The molecule has 2 aromatic heterocycles. The van der Waals surface area contributed by atoms with Gasteiger partial charge >= 0.3 is 0 Å². The molecule has 3 aromatic rings. The molecule has 0 atom stereocenters. The van der Waals surface area contributed by atoms with E-state index in [1.54, 1.807) is 41.2 Å². The maximum Gasteiger partial charge on any atom is 0.272 e. The number of halogens is 1. The van der Waals surface area contributed by atoms with E-state index < -0.39 is 5.82 Å². The van der Waals surface area contributed by atoms with Crippen molar-refractivity contribution in [1.29, 1.82) is 0 Å². The first-order valence-corrected chi connectivity index (χ1v) is 7.52. The first-order valence-electron chi connectivity index (χ1n) is 7.52. The van der Waals surface area contributed by atoms with Crippen LogP contribution in [-0.4, -0.2) is 43.6 Å². The van der Waals surface area contributed by atoms with Gasteiger partial charge in [-0.3, -0.25) is 4.79 Å². The number of hydrogen-bond acceptors (Lipinski definition) is 4. The molecule has 0 spiro atoms. The number of carbonyl (C=O) groups is 1. The maximum atomic E-state index is 13.9. The first kappa shape index (κ1) is 16.1. The van der Waals surface area contributed by atoms with Gasteiger partial charge in [0.15, 0.2) is 0 Å². The lowest BCUT2D eigenvalue weighted by Gasteiger charge is -2.21. The lowest BCUT2D eigenvalue weighted by atomic mass is 10.2. The minimum absolute atomic E-state index is 0.134. The number of para-hydroxylation sites is 1. The minimum atomic E-state index is -0.472. The highest BCUT2D eigenvalue weighted by molar-refractivity contribution is 5.95. The number of nitrogens with zero attached hydrogens (tertiary/aromatic N) is 4. The first-order chi connectivity index (χ1) is 11.6. The average molecular weight is 328 g/mol. The van der Waals surface area contributed by atoms with Gasteiger partial charge in [-0.05, 0) is 12.1 Å². The van der Waals surface area contributed by atoms with Crippen LogP contribution in [0.15, 0.2) is 42.7 Å². The predicted octanol–water partition coefficient (Wildman–Crippen LogP) is 1.74. The average Bonchev–Trinajstić information content (AvgIpc) is 2.99. The molecule has 2 heterocycles. The van der Waals surface area contributed by atoms with E-state index in [1.165, 1.54) is 11.0 Å². The van der Waals surface area contributed by atoms with E-state index in [0.29, 0.717) is 11.2 Å². The molecule has 0 aliphatic carbocycles. The Balaban J connectivity index is 1.92. The van der Waals surface area contributed by atoms with Crippen molar-refractivity contribution in [2.24, 2.45) is 7.05 Å². The summed E-state index contributed by atoms with van der Waals surface area (Å²) >= 11 is 0. The van der Waals surface area contributed by atoms with Crippen molar-refractivity contribution in [3.05, 3.63) is 60.1 Å². The SMILES string of the molecule is Cn1ccnc1CN(CCO)C(=O)c1ccc2cccc(F)c2n1. The van der Waals surface area contributed by atoms with Crippen LogP contribution in [-0.2, 0) is 13.6 Å². The summed E-state index contributed by atoms with van der Waals surface area (Å²) in [7, 11) is 1.83. The highest BCUT2D eigenvalue weighted by atomic mass is 19.1. The summed E-state index contributed by atoms with van der Waals surface area (Å²) in [6.45, 7) is 0.195. The van der Waals surface area contributed by atoms with Gasteiger partial charge in [-0.2, -0.15) is 0 Å². The molecule has 0 unspecified atom stereocenters. The van der Waals surface area contributed by atoms with E-state index in [2.05, 4.69) is 9.97 Å². The third kappa shape index (κ3) is 3.11. The van der Waals surface area contributed by atoms with Gasteiger partial charge in [-0.1, -0.05) is 18.2 Å². The Morgan fingerprint density at radius 1 is 1.33 bits per heavy atom. The van der Waals surface area contributed by atoms with Crippen molar-refractivity contribution >= 4 is 16.8 Å². The molecular formula is C17H17FN4O2. The number of rotatable bonds is 5.